The Morgan fingerprint density at radius 2 is 2.28 bits per heavy atom. The molecule has 0 radical (unpaired) electrons. The smallest absolute Gasteiger partial charge is 0.234 e. The van der Waals surface area contributed by atoms with Crippen LogP contribution in [0.15, 0.2) is 0 Å². The first-order chi connectivity index (χ1) is 8.66. The van der Waals surface area contributed by atoms with Crippen molar-refractivity contribution in [2.75, 3.05) is 32.7 Å². The average Bonchev–Trinajstić information content (AvgIpc) is 2.77. The summed E-state index contributed by atoms with van der Waals surface area (Å²) in [6.07, 6.45) is 3.63. The number of piperidine rings is 1. The van der Waals surface area contributed by atoms with Gasteiger partial charge in [-0.05, 0) is 44.2 Å². The van der Waals surface area contributed by atoms with E-state index in [1.807, 2.05) is 0 Å². The molecule has 2 rings (SSSR count). The number of hydrogen-bond donors (Lipinski definition) is 2. The molecule has 2 saturated heterocycles. The molecular formula is C14H27N3O. The van der Waals surface area contributed by atoms with Crippen LogP contribution in [0.4, 0.5) is 0 Å². The van der Waals surface area contributed by atoms with E-state index in [1.165, 1.54) is 12.8 Å². The highest BCUT2D eigenvalue weighted by molar-refractivity contribution is 5.78. The zero-order valence-electron chi connectivity index (χ0n) is 11.7. The van der Waals surface area contributed by atoms with Gasteiger partial charge in [-0.3, -0.25) is 9.69 Å². The zero-order chi connectivity index (χ0) is 13.0. The lowest BCUT2D eigenvalue weighted by atomic mass is 9.92. The Hall–Kier alpha value is -0.610. The third kappa shape index (κ3) is 3.69. The fourth-order valence-corrected chi connectivity index (χ4v) is 3.10. The van der Waals surface area contributed by atoms with Crippen molar-refractivity contribution >= 4 is 5.91 Å². The summed E-state index contributed by atoms with van der Waals surface area (Å²) >= 11 is 0. The summed E-state index contributed by atoms with van der Waals surface area (Å²) in [5, 5.41) is 6.49. The maximum Gasteiger partial charge on any atom is 0.234 e. The molecule has 4 heteroatoms. The molecule has 2 fully saturated rings. The molecule has 0 aromatic heterocycles. The summed E-state index contributed by atoms with van der Waals surface area (Å²) in [5.74, 6) is 1.62. The van der Waals surface area contributed by atoms with Gasteiger partial charge >= 0.3 is 0 Å². The summed E-state index contributed by atoms with van der Waals surface area (Å²) in [6, 6.07) is 0.592. The first-order valence-corrected chi connectivity index (χ1v) is 7.38. The number of carbonyl (C=O) groups excluding carboxylic acids is 1. The van der Waals surface area contributed by atoms with Gasteiger partial charge in [-0.2, -0.15) is 0 Å². The van der Waals surface area contributed by atoms with E-state index < -0.39 is 0 Å². The fourth-order valence-electron chi connectivity index (χ4n) is 3.10. The Balaban J connectivity index is 1.72. The number of nitrogens with zero attached hydrogens (tertiary/aromatic N) is 1. The second kappa shape index (κ2) is 6.53. The van der Waals surface area contributed by atoms with Gasteiger partial charge in [0.25, 0.3) is 0 Å². The molecule has 2 heterocycles. The average molecular weight is 253 g/mol. The minimum Gasteiger partial charge on any atom is -0.355 e. The van der Waals surface area contributed by atoms with E-state index in [0.717, 1.165) is 38.5 Å². The normalized spacial score (nSPS) is 28.4. The predicted molar refractivity (Wildman–Crippen MR) is 73.4 cm³/mol. The number of likely N-dealkylation sites (tertiary alicyclic amines) is 1. The number of amides is 1. The van der Waals surface area contributed by atoms with Crippen molar-refractivity contribution in [3.63, 3.8) is 0 Å². The van der Waals surface area contributed by atoms with Crippen molar-refractivity contribution in [3.8, 4) is 0 Å². The second-order valence-corrected chi connectivity index (χ2v) is 6.13. The van der Waals surface area contributed by atoms with Crippen molar-refractivity contribution in [1.82, 2.24) is 15.5 Å². The Morgan fingerprint density at radius 3 is 3.06 bits per heavy atom. The first kappa shape index (κ1) is 13.8. The SMILES string of the molecule is CC(C)CCNC(=O)CN1CCCC2CNCC21. The third-order valence-electron chi connectivity index (χ3n) is 4.18. The van der Waals surface area contributed by atoms with Gasteiger partial charge in [0.15, 0.2) is 0 Å². The van der Waals surface area contributed by atoms with Gasteiger partial charge in [-0.15, -0.1) is 0 Å². The lowest BCUT2D eigenvalue weighted by Crippen LogP contribution is -2.49. The first-order valence-electron chi connectivity index (χ1n) is 7.38. The molecule has 0 bridgehead atoms. The molecule has 2 aliphatic rings. The monoisotopic (exact) mass is 253 g/mol. The maximum absolute atomic E-state index is 11.9. The van der Waals surface area contributed by atoms with Gasteiger partial charge in [0.1, 0.15) is 0 Å². The largest absolute Gasteiger partial charge is 0.355 e. The predicted octanol–water partition coefficient (Wildman–Crippen LogP) is 0.833. The van der Waals surface area contributed by atoms with E-state index in [-0.39, 0.29) is 5.91 Å². The summed E-state index contributed by atoms with van der Waals surface area (Å²) in [6.45, 7) is 9.05. The zero-order valence-corrected chi connectivity index (χ0v) is 11.7. The molecule has 2 N–H and O–H groups in total. The van der Waals surface area contributed by atoms with Crippen molar-refractivity contribution in [1.29, 1.82) is 0 Å². The minimum absolute atomic E-state index is 0.197. The molecule has 104 valence electrons. The Bertz CT molecular complexity index is 280. The van der Waals surface area contributed by atoms with Gasteiger partial charge in [0.05, 0.1) is 6.54 Å². The Kier molecular flexibility index (Phi) is 5.01. The topological polar surface area (TPSA) is 44.4 Å². The van der Waals surface area contributed by atoms with Gasteiger partial charge in [0, 0.05) is 19.1 Å². The quantitative estimate of drug-likeness (QED) is 0.763. The summed E-state index contributed by atoms with van der Waals surface area (Å²) in [7, 11) is 0. The van der Waals surface area contributed by atoms with Crippen molar-refractivity contribution in [2.24, 2.45) is 11.8 Å². The van der Waals surface area contributed by atoms with Crippen LogP contribution in [-0.2, 0) is 4.79 Å². The van der Waals surface area contributed by atoms with E-state index in [2.05, 4.69) is 29.4 Å². The molecular weight excluding hydrogens is 226 g/mol. The lowest BCUT2D eigenvalue weighted by molar-refractivity contribution is -0.123. The molecule has 2 aliphatic heterocycles. The van der Waals surface area contributed by atoms with E-state index in [4.69, 9.17) is 0 Å². The minimum atomic E-state index is 0.197. The molecule has 0 aliphatic carbocycles. The van der Waals surface area contributed by atoms with Gasteiger partial charge in [-0.25, -0.2) is 0 Å². The number of rotatable bonds is 5. The Labute approximate surface area is 110 Å². The van der Waals surface area contributed by atoms with Crippen LogP contribution in [0.1, 0.15) is 33.1 Å². The summed E-state index contributed by atoms with van der Waals surface area (Å²) in [4.78, 5) is 14.3. The van der Waals surface area contributed by atoms with E-state index in [0.29, 0.717) is 18.5 Å². The van der Waals surface area contributed by atoms with Crippen LogP contribution in [0.5, 0.6) is 0 Å². The van der Waals surface area contributed by atoms with Crippen LogP contribution in [0.2, 0.25) is 0 Å². The maximum atomic E-state index is 11.9. The lowest BCUT2D eigenvalue weighted by Gasteiger charge is -2.36. The van der Waals surface area contributed by atoms with Crippen LogP contribution >= 0.6 is 0 Å². The number of fused-ring (bicyclic) bond motifs is 1. The van der Waals surface area contributed by atoms with Crippen LogP contribution in [-0.4, -0.2) is 49.6 Å². The number of hydrogen-bond acceptors (Lipinski definition) is 3. The standard InChI is InChI=1S/C14H27N3O/c1-11(2)5-6-16-14(18)10-17-7-3-4-12-8-15-9-13(12)17/h11-13,15H,3-10H2,1-2H3,(H,16,18). The van der Waals surface area contributed by atoms with Gasteiger partial charge in [-0.1, -0.05) is 13.8 Å². The summed E-state index contributed by atoms with van der Waals surface area (Å²) < 4.78 is 0. The van der Waals surface area contributed by atoms with Crippen molar-refractivity contribution in [3.05, 3.63) is 0 Å². The molecule has 2 unspecified atom stereocenters. The van der Waals surface area contributed by atoms with Gasteiger partial charge in [0.2, 0.25) is 5.91 Å². The van der Waals surface area contributed by atoms with Crippen LogP contribution < -0.4 is 10.6 Å². The molecule has 4 nitrogen and oxygen atoms in total. The highest BCUT2D eigenvalue weighted by Crippen LogP contribution is 2.25. The molecule has 1 amide bonds. The van der Waals surface area contributed by atoms with Crippen molar-refractivity contribution < 1.29 is 4.79 Å². The van der Waals surface area contributed by atoms with E-state index in [9.17, 15) is 4.79 Å². The highest BCUT2D eigenvalue weighted by atomic mass is 16.2. The van der Waals surface area contributed by atoms with Crippen LogP contribution in [0.3, 0.4) is 0 Å². The molecule has 0 aromatic carbocycles. The highest BCUT2D eigenvalue weighted by Gasteiger charge is 2.35. The Morgan fingerprint density at radius 1 is 1.44 bits per heavy atom. The fraction of sp³-hybridized carbons (Fsp3) is 0.929. The number of carbonyl (C=O) groups is 1. The molecule has 0 saturated carbocycles. The van der Waals surface area contributed by atoms with Crippen LogP contribution in [0, 0.1) is 11.8 Å². The third-order valence-corrected chi connectivity index (χ3v) is 4.18. The van der Waals surface area contributed by atoms with E-state index in [1.54, 1.807) is 0 Å². The van der Waals surface area contributed by atoms with Crippen molar-refractivity contribution in [2.45, 2.75) is 39.2 Å². The number of nitrogens with one attached hydrogen (secondary N) is 2. The van der Waals surface area contributed by atoms with Gasteiger partial charge < -0.3 is 10.6 Å². The van der Waals surface area contributed by atoms with Crippen LogP contribution in [0.25, 0.3) is 0 Å². The molecule has 18 heavy (non-hydrogen) atoms. The molecule has 0 aromatic rings. The summed E-state index contributed by atoms with van der Waals surface area (Å²) in [5.41, 5.74) is 0. The molecule has 2 atom stereocenters. The molecule has 0 spiro atoms. The second-order valence-electron chi connectivity index (χ2n) is 6.13. The van der Waals surface area contributed by atoms with E-state index >= 15 is 0 Å².